The average Bonchev–Trinajstić information content (AvgIpc) is 3.27. The quantitative estimate of drug-likeness (QED) is 0.435. The number of H-pyrrole nitrogens is 1. The van der Waals surface area contributed by atoms with Crippen LogP contribution in [0.3, 0.4) is 0 Å². The molecule has 2 atom stereocenters. The Morgan fingerprint density at radius 2 is 1.88 bits per heavy atom. The first-order valence-corrected chi connectivity index (χ1v) is 11.1. The minimum Gasteiger partial charge on any atom is -0.486 e. The van der Waals surface area contributed by atoms with Crippen molar-refractivity contribution in [3.63, 3.8) is 0 Å². The Morgan fingerprint density at radius 1 is 1.09 bits per heavy atom. The van der Waals surface area contributed by atoms with Gasteiger partial charge in [0.25, 0.3) is 0 Å². The lowest BCUT2D eigenvalue weighted by Gasteiger charge is -2.27. The summed E-state index contributed by atoms with van der Waals surface area (Å²) in [6.45, 7) is 2.59. The van der Waals surface area contributed by atoms with E-state index in [1.807, 2.05) is 67.7 Å². The van der Waals surface area contributed by atoms with Gasteiger partial charge in [0.2, 0.25) is 5.91 Å². The molecule has 0 fully saturated rings. The Balaban J connectivity index is 1.35. The van der Waals surface area contributed by atoms with Crippen LogP contribution in [0.5, 0.6) is 11.5 Å². The summed E-state index contributed by atoms with van der Waals surface area (Å²) in [7, 11) is 0. The van der Waals surface area contributed by atoms with E-state index in [0.717, 1.165) is 22.0 Å². The lowest BCUT2D eigenvalue weighted by molar-refractivity contribution is -0.121. The number of benzene rings is 3. The van der Waals surface area contributed by atoms with Gasteiger partial charge in [-0.3, -0.25) is 4.79 Å². The SMILES string of the molecule is Cc1ccc(F)c([C@H](CC(=O)NC[C@@H]2COc3ccccc3O2)c2c[nH]c3ccccc23)c1. The fraction of sp³-hybridized carbons (Fsp3) is 0.222. The monoisotopic (exact) mass is 444 g/mol. The molecule has 168 valence electrons. The van der Waals surface area contributed by atoms with Crippen LogP contribution in [0.15, 0.2) is 72.9 Å². The topological polar surface area (TPSA) is 63.4 Å². The second-order valence-corrected chi connectivity index (χ2v) is 8.37. The number of para-hydroxylation sites is 3. The third-order valence-electron chi connectivity index (χ3n) is 6.01. The van der Waals surface area contributed by atoms with E-state index in [-0.39, 0.29) is 24.2 Å². The van der Waals surface area contributed by atoms with Crippen LogP contribution < -0.4 is 14.8 Å². The molecule has 5 rings (SSSR count). The van der Waals surface area contributed by atoms with Gasteiger partial charge in [-0.1, -0.05) is 48.0 Å². The zero-order chi connectivity index (χ0) is 22.8. The van der Waals surface area contributed by atoms with Gasteiger partial charge in [-0.05, 0) is 42.3 Å². The van der Waals surface area contributed by atoms with E-state index in [4.69, 9.17) is 9.47 Å². The number of carbonyl (C=O) groups is 1. The number of hydrogen-bond donors (Lipinski definition) is 2. The van der Waals surface area contributed by atoms with E-state index in [1.54, 1.807) is 6.07 Å². The Labute approximate surface area is 191 Å². The summed E-state index contributed by atoms with van der Waals surface area (Å²) in [6.07, 6.45) is 1.71. The number of halogens is 1. The Kier molecular flexibility index (Phi) is 5.73. The molecule has 3 aromatic carbocycles. The fourth-order valence-corrected chi connectivity index (χ4v) is 4.35. The normalized spacial score (nSPS) is 15.9. The van der Waals surface area contributed by atoms with Crippen LogP contribution in [0.2, 0.25) is 0 Å². The van der Waals surface area contributed by atoms with Crippen molar-refractivity contribution < 1.29 is 18.7 Å². The van der Waals surface area contributed by atoms with Crippen molar-refractivity contribution in [2.45, 2.75) is 25.4 Å². The third kappa shape index (κ3) is 4.42. The van der Waals surface area contributed by atoms with Crippen molar-refractivity contribution in [1.29, 1.82) is 0 Å². The highest BCUT2D eigenvalue weighted by atomic mass is 19.1. The van der Waals surface area contributed by atoms with Crippen molar-refractivity contribution in [2.24, 2.45) is 0 Å². The predicted molar refractivity (Wildman–Crippen MR) is 125 cm³/mol. The Hall–Kier alpha value is -3.80. The summed E-state index contributed by atoms with van der Waals surface area (Å²) in [6, 6.07) is 20.4. The van der Waals surface area contributed by atoms with Crippen molar-refractivity contribution in [1.82, 2.24) is 10.3 Å². The molecule has 33 heavy (non-hydrogen) atoms. The number of fused-ring (bicyclic) bond motifs is 2. The zero-order valence-corrected chi connectivity index (χ0v) is 18.3. The van der Waals surface area contributed by atoms with Crippen LogP contribution in [0.25, 0.3) is 10.9 Å². The van der Waals surface area contributed by atoms with Gasteiger partial charge in [0.1, 0.15) is 18.5 Å². The number of rotatable bonds is 6. The average molecular weight is 445 g/mol. The maximum absolute atomic E-state index is 14.9. The molecule has 0 spiro atoms. The van der Waals surface area contributed by atoms with Gasteiger partial charge < -0.3 is 19.8 Å². The van der Waals surface area contributed by atoms with Gasteiger partial charge >= 0.3 is 0 Å². The van der Waals surface area contributed by atoms with Crippen LogP contribution in [0.4, 0.5) is 4.39 Å². The van der Waals surface area contributed by atoms with E-state index in [0.29, 0.717) is 30.2 Å². The number of hydrogen-bond acceptors (Lipinski definition) is 3. The van der Waals surface area contributed by atoms with E-state index in [1.165, 1.54) is 6.07 Å². The summed E-state index contributed by atoms with van der Waals surface area (Å²) in [4.78, 5) is 16.3. The largest absolute Gasteiger partial charge is 0.486 e. The third-order valence-corrected chi connectivity index (χ3v) is 6.01. The lowest BCUT2D eigenvalue weighted by atomic mass is 9.87. The molecule has 6 heteroatoms. The molecule has 0 saturated heterocycles. The fourth-order valence-electron chi connectivity index (χ4n) is 4.35. The number of aromatic amines is 1. The van der Waals surface area contributed by atoms with Crippen molar-refractivity contribution in [2.75, 3.05) is 13.2 Å². The minimum atomic E-state index is -0.426. The Bertz CT molecular complexity index is 1300. The molecule has 2 N–H and O–H groups in total. The highest BCUT2D eigenvalue weighted by Gasteiger charge is 2.26. The summed E-state index contributed by atoms with van der Waals surface area (Å²) in [5.41, 5.74) is 3.32. The summed E-state index contributed by atoms with van der Waals surface area (Å²) in [5.74, 6) is 0.458. The maximum Gasteiger partial charge on any atom is 0.221 e. The number of aryl methyl sites for hydroxylation is 1. The standard InChI is InChI=1S/C27H25FN2O3/c1-17-10-11-23(28)21(12-17)20(22-15-29-24-7-3-2-6-19(22)24)13-27(31)30-14-18-16-32-25-8-4-5-9-26(25)33-18/h2-12,15,18,20,29H,13-14,16H2,1H3,(H,30,31)/t18-,20+/m1/s1. The van der Waals surface area contributed by atoms with Gasteiger partial charge in [-0.15, -0.1) is 0 Å². The van der Waals surface area contributed by atoms with Crippen LogP contribution in [-0.4, -0.2) is 30.1 Å². The zero-order valence-electron chi connectivity index (χ0n) is 18.3. The minimum absolute atomic E-state index is 0.117. The molecular weight excluding hydrogens is 419 g/mol. The second-order valence-electron chi connectivity index (χ2n) is 8.37. The molecule has 1 aliphatic heterocycles. The molecule has 0 unspecified atom stereocenters. The second kappa shape index (κ2) is 8.98. The van der Waals surface area contributed by atoms with Crippen molar-refractivity contribution >= 4 is 16.8 Å². The highest BCUT2D eigenvalue weighted by Crippen LogP contribution is 2.35. The highest BCUT2D eigenvalue weighted by molar-refractivity contribution is 5.86. The van der Waals surface area contributed by atoms with Crippen LogP contribution in [-0.2, 0) is 4.79 Å². The van der Waals surface area contributed by atoms with Crippen molar-refractivity contribution in [3.05, 3.63) is 95.4 Å². The summed E-state index contributed by atoms with van der Waals surface area (Å²) in [5, 5.41) is 3.93. The maximum atomic E-state index is 14.9. The molecule has 0 bridgehead atoms. The van der Waals surface area contributed by atoms with Crippen LogP contribution in [0.1, 0.15) is 29.0 Å². The smallest absolute Gasteiger partial charge is 0.221 e. The molecule has 1 aliphatic rings. The summed E-state index contributed by atoms with van der Waals surface area (Å²) >= 11 is 0. The van der Waals surface area contributed by atoms with Crippen LogP contribution >= 0.6 is 0 Å². The first-order valence-electron chi connectivity index (χ1n) is 11.1. The number of carbonyl (C=O) groups excluding carboxylic acids is 1. The summed E-state index contributed by atoms with van der Waals surface area (Å²) < 4.78 is 26.6. The number of nitrogens with one attached hydrogen (secondary N) is 2. The predicted octanol–water partition coefficient (Wildman–Crippen LogP) is 5.09. The van der Waals surface area contributed by atoms with Gasteiger partial charge in [-0.2, -0.15) is 0 Å². The van der Waals surface area contributed by atoms with E-state index >= 15 is 0 Å². The number of ether oxygens (including phenoxy) is 2. The molecule has 5 nitrogen and oxygen atoms in total. The molecule has 0 radical (unpaired) electrons. The number of amides is 1. The Morgan fingerprint density at radius 3 is 2.76 bits per heavy atom. The first-order chi connectivity index (χ1) is 16.1. The molecular formula is C27H25FN2O3. The van der Waals surface area contributed by atoms with Crippen LogP contribution in [0, 0.1) is 12.7 Å². The van der Waals surface area contributed by atoms with E-state index in [9.17, 15) is 9.18 Å². The van der Waals surface area contributed by atoms with Crippen molar-refractivity contribution in [3.8, 4) is 11.5 Å². The van der Waals surface area contributed by atoms with E-state index in [2.05, 4.69) is 10.3 Å². The number of aromatic nitrogens is 1. The van der Waals surface area contributed by atoms with E-state index < -0.39 is 5.92 Å². The van der Waals surface area contributed by atoms with Gasteiger partial charge in [0.15, 0.2) is 11.5 Å². The molecule has 0 saturated carbocycles. The lowest BCUT2D eigenvalue weighted by Crippen LogP contribution is -2.41. The van der Waals surface area contributed by atoms with Gasteiger partial charge in [0.05, 0.1) is 6.54 Å². The molecule has 4 aromatic rings. The molecule has 1 amide bonds. The van der Waals surface area contributed by atoms with Gasteiger partial charge in [-0.25, -0.2) is 4.39 Å². The molecule has 2 heterocycles. The molecule has 0 aliphatic carbocycles. The van der Waals surface area contributed by atoms with Gasteiger partial charge in [0, 0.05) is 29.4 Å². The first kappa shape index (κ1) is 21.1. The molecule has 1 aromatic heterocycles.